The zero-order valence-corrected chi connectivity index (χ0v) is 16.5. The van der Waals surface area contributed by atoms with Gasteiger partial charge in [-0.2, -0.15) is 0 Å². The highest BCUT2D eigenvalue weighted by atomic mass is 35.5. The minimum atomic E-state index is -0.463. The minimum Gasteiger partial charge on any atom is -0.321 e. The lowest BCUT2D eigenvalue weighted by molar-refractivity contribution is -0.382. The van der Waals surface area contributed by atoms with Crippen molar-refractivity contribution in [3.05, 3.63) is 91.8 Å². The molecule has 0 saturated carbocycles. The molecule has 0 radical (unpaired) electrons. The highest BCUT2D eigenvalue weighted by molar-refractivity contribution is 7.22. The van der Waals surface area contributed by atoms with E-state index in [0.717, 1.165) is 23.3 Å². The molecule has 3 aromatic carbocycles. The Morgan fingerprint density at radius 1 is 1.03 bits per heavy atom. The third-order valence-electron chi connectivity index (χ3n) is 5.09. The van der Waals surface area contributed by atoms with Crippen molar-refractivity contribution in [1.82, 2.24) is 0 Å². The van der Waals surface area contributed by atoms with Crippen molar-refractivity contribution in [2.75, 3.05) is 5.32 Å². The molecule has 7 heteroatoms. The van der Waals surface area contributed by atoms with Gasteiger partial charge in [-0.15, -0.1) is 11.3 Å². The van der Waals surface area contributed by atoms with Crippen LogP contribution in [-0.4, -0.2) is 10.8 Å². The number of amides is 1. The third-order valence-corrected chi connectivity index (χ3v) is 6.82. The molecule has 1 aliphatic rings. The van der Waals surface area contributed by atoms with Gasteiger partial charge in [-0.3, -0.25) is 14.9 Å². The molecule has 0 aliphatic heterocycles. The van der Waals surface area contributed by atoms with Crippen molar-refractivity contribution >= 4 is 50.3 Å². The van der Waals surface area contributed by atoms with Crippen LogP contribution < -0.4 is 5.32 Å². The second-order valence-corrected chi connectivity index (χ2v) is 8.21. The quantitative estimate of drug-likeness (QED) is 0.275. The Morgan fingerprint density at radius 2 is 1.83 bits per heavy atom. The van der Waals surface area contributed by atoms with Gasteiger partial charge in [0.25, 0.3) is 11.6 Å². The van der Waals surface area contributed by atoms with E-state index in [9.17, 15) is 14.9 Å². The Kier molecular flexibility index (Phi) is 4.12. The molecule has 1 aromatic heterocycles. The maximum Gasteiger partial charge on any atom is 0.287 e. The number of nitrogens with zero attached hydrogens (tertiary/aromatic N) is 1. The number of non-ortho nitro benzene ring substituents is 1. The summed E-state index contributed by atoms with van der Waals surface area (Å²) in [6.07, 6.45) is 0.824. The van der Waals surface area contributed by atoms with E-state index in [4.69, 9.17) is 11.6 Å². The molecule has 0 fully saturated rings. The normalized spacial score (nSPS) is 11.9. The minimum absolute atomic E-state index is 0.0521. The van der Waals surface area contributed by atoms with Gasteiger partial charge in [0.1, 0.15) is 9.58 Å². The predicted molar refractivity (Wildman–Crippen MR) is 116 cm³/mol. The molecule has 29 heavy (non-hydrogen) atoms. The standard InChI is InChI=1S/C22H13ClN2O3S/c23-19-17-6-3-7-18(25(27)28)20(17)29-21(19)22(26)24-14-8-9-16-13(11-14)10-12-4-1-2-5-15(12)16/h1-9,11H,10H2,(H,24,26). The van der Waals surface area contributed by atoms with Gasteiger partial charge in [0.15, 0.2) is 0 Å². The van der Waals surface area contributed by atoms with E-state index in [1.807, 2.05) is 30.3 Å². The number of nitrogens with one attached hydrogen (secondary N) is 1. The first kappa shape index (κ1) is 17.8. The van der Waals surface area contributed by atoms with E-state index in [-0.39, 0.29) is 21.5 Å². The lowest BCUT2D eigenvalue weighted by Crippen LogP contribution is -2.10. The van der Waals surface area contributed by atoms with E-state index in [2.05, 4.69) is 17.4 Å². The molecule has 5 nitrogen and oxygen atoms in total. The Hall–Kier alpha value is -3.22. The zero-order valence-electron chi connectivity index (χ0n) is 14.9. The first-order chi connectivity index (χ1) is 14.0. The van der Waals surface area contributed by atoms with Crippen LogP contribution in [0.5, 0.6) is 0 Å². The molecule has 1 N–H and O–H groups in total. The van der Waals surface area contributed by atoms with E-state index in [1.165, 1.54) is 22.8 Å². The number of hydrogen-bond acceptors (Lipinski definition) is 4. The summed E-state index contributed by atoms with van der Waals surface area (Å²) in [7, 11) is 0. The molecule has 5 rings (SSSR count). The van der Waals surface area contributed by atoms with Crippen LogP contribution in [0, 0.1) is 10.1 Å². The number of thiophene rings is 1. The lowest BCUT2D eigenvalue weighted by Gasteiger charge is -2.07. The van der Waals surface area contributed by atoms with Crippen molar-refractivity contribution < 1.29 is 9.72 Å². The number of hydrogen-bond donors (Lipinski definition) is 1. The molecule has 0 unspecified atom stereocenters. The van der Waals surface area contributed by atoms with Gasteiger partial charge in [-0.05, 0) is 40.8 Å². The molecular weight excluding hydrogens is 408 g/mol. The first-order valence-electron chi connectivity index (χ1n) is 8.91. The van der Waals surface area contributed by atoms with Gasteiger partial charge >= 0.3 is 0 Å². The summed E-state index contributed by atoms with van der Waals surface area (Å²) in [5.41, 5.74) is 5.44. The number of nitro groups is 1. The fourth-order valence-corrected chi connectivity index (χ4v) is 5.26. The second-order valence-electron chi connectivity index (χ2n) is 6.82. The number of benzene rings is 3. The summed E-state index contributed by atoms with van der Waals surface area (Å²) in [6.45, 7) is 0. The summed E-state index contributed by atoms with van der Waals surface area (Å²) in [5, 5.41) is 14.9. The average Bonchev–Trinajstić information content (AvgIpc) is 3.25. The Bertz CT molecular complexity index is 1330. The van der Waals surface area contributed by atoms with Gasteiger partial charge < -0.3 is 5.32 Å². The molecule has 0 spiro atoms. The van der Waals surface area contributed by atoms with Gasteiger partial charge in [0.2, 0.25) is 0 Å². The van der Waals surface area contributed by atoms with Crippen LogP contribution in [0.4, 0.5) is 11.4 Å². The smallest absolute Gasteiger partial charge is 0.287 e. The highest BCUT2D eigenvalue weighted by Crippen LogP contribution is 2.41. The van der Waals surface area contributed by atoms with Crippen molar-refractivity contribution in [3.8, 4) is 11.1 Å². The molecule has 4 aromatic rings. The Morgan fingerprint density at radius 3 is 2.66 bits per heavy atom. The van der Waals surface area contributed by atoms with Crippen molar-refractivity contribution in [2.45, 2.75) is 6.42 Å². The summed E-state index contributed by atoms with van der Waals surface area (Å²) >= 11 is 7.41. The number of carbonyl (C=O) groups excluding carboxylic acids is 1. The number of anilines is 1. The van der Waals surface area contributed by atoms with Crippen LogP contribution in [0.15, 0.2) is 60.7 Å². The van der Waals surface area contributed by atoms with Crippen molar-refractivity contribution in [2.24, 2.45) is 0 Å². The van der Waals surface area contributed by atoms with E-state index < -0.39 is 4.92 Å². The molecular formula is C22H13ClN2O3S. The van der Waals surface area contributed by atoms with Crippen LogP contribution >= 0.6 is 22.9 Å². The first-order valence-corrected chi connectivity index (χ1v) is 10.1. The number of fused-ring (bicyclic) bond motifs is 4. The maximum absolute atomic E-state index is 12.8. The maximum atomic E-state index is 12.8. The summed E-state index contributed by atoms with van der Waals surface area (Å²) < 4.78 is 0.400. The van der Waals surface area contributed by atoms with Gasteiger partial charge in [-0.1, -0.05) is 54.1 Å². The summed E-state index contributed by atoms with van der Waals surface area (Å²) in [5.74, 6) is -0.374. The SMILES string of the molecule is O=C(Nc1ccc2c(c1)Cc1ccccc1-2)c1sc2c([N+](=O)[O-])cccc2c1Cl. The fraction of sp³-hybridized carbons (Fsp3) is 0.0455. The number of rotatable bonds is 3. The zero-order chi connectivity index (χ0) is 20.1. The number of halogens is 1. The van der Waals surface area contributed by atoms with E-state index >= 15 is 0 Å². The van der Waals surface area contributed by atoms with Crippen molar-refractivity contribution in [3.63, 3.8) is 0 Å². The van der Waals surface area contributed by atoms with Crippen molar-refractivity contribution in [1.29, 1.82) is 0 Å². The molecule has 142 valence electrons. The van der Waals surface area contributed by atoms with Gasteiger partial charge in [0.05, 0.1) is 9.95 Å². The Balaban J connectivity index is 1.47. The summed E-state index contributed by atoms with van der Waals surface area (Å²) in [4.78, 5) is 23.9. The van der Waals surface area contributed by atoms with Crippen LogP contribution in [0.2, 0.25) is 5.02 Å². The monoisotopic (exact) mass is 420 g/mol. The molecule has 0 saturated heterocycles. The van der Waals surface area contributed by atoms with Gasteiger partial charge in [-0.25, -0.2) is 0 Å². The second kappa shape index (κ2) is 6.69. The van der Waals surface area contributed by atoms with Crippen LogP contribution in [0.3, 0.4) is 0 Å². The number of nitro benzene ring substituents is 1. The van der Waals surface area contributed by atoms with Gasteiger partial charge in [0, 0.05) is 17.1 Å². The van der Waals surface area contributed by atoms with Crippen LogP contribution in [-0.2, 0) is 6.42 Å². The van der Waals surface area contributed by atoms with Crippen LogP contribution in [0.1, 0.15) is 20.8 Å². The molecule has 1 aliphatic carbocycles. The predicted octanol–water partition coefficient (Wildman–Crippen LogP) is 6.29. The van der Waals surface area contributed by atoms with E-state index in [0.29, 0.717) is 15.8 Å². The topological polar surface area (TPSA) is 72.2 Å². The number of carbonyl (C=O) groups is 1. The Labute approximate surface area is 174 Å². The fourth-order valence-electron chi connectivity index (χ4n) is 3.77. The molecule has 1 heterocycles. The molecule has 1 amide bonds. The highest BCUT2D eigenvalue weighted by Gasteiger charge is 2.23. The summed E-state index contributed by atoms with van der Waals surface area (Å²) in [6, 6.07) is 18.8. The lowest BCUT2D eigenvalue weighted by atomic mass is 10.1. The van der Waals surface area contributed by atoms with E-state index in [1.54, 1.807) is 12.1 Å². The average molecular weight is 421 g/mol. The molecule has 0 atom stereocenters. The third kappa shape index (κ3) is 2.88. The largest absolute Gasteiger partial charge is 0.321 e. The van der Waals surface area contributed by atoms with Crippen LogP contribution in [0.25, 0.3) is 21.2 Å². The molecule has 0 bridgehead atoms.